The standard InChI is InChI=1S/C18H28N2O3/c19-18(22)15-8-11-23-17(15)14-6-9-20(10-7-14)16(21)12-13-4-2-1-3-5-13/h4,14-15,17H,1-3,5-12H2,(H2,19,22)/t15-,17+/m0/s1. The first-order valence-corrected chi connectivity index (χ1v) is 9.02. The topological polar surface area (TPSA) is 72.6 Å². The van der Waals surface area contributed by atoms with E-state index in [0.29, 0.717) is 18.9 Å². The summed E-state index contributed by atoms with van der Waals surface area (Å²) in [6.45, 7) is 2.19. The molecule has 23 heavy (non-hydrogen) atoms. The normalized spacial score (nSPS) is 29.4. The molecule has 1 aliphatic carbocycles. The van der Waals surface area contributed by atoms with Gasteiger partial charge in [0.25, 0.3) is 0 Å². The van der Waals surface area contributed by atoms with Crippen LogP contribution >= 0.6 is 0 Å². The van der Waals surface area contributed by atoms with E-state index in [1.165, 1.54) is 18.4 Å². The largest absolute Gasteiger partial charge is 0.377 e. The highest BCUT2D eigenvalue weighted by Gasteiger charge is 2.39. The number of hydrogen-bond donors (Lipinski definition) is 1. The molecule has 3 rings (SSSR count). The number of rotatable bonds is 4. The van der Waals surface area contributed by atoms with Gasteiger partial charge < -0.3 is 15.4 Å². The van der Waals surface area contributed by atoms with Crippen LogP contribution in [0.3, 0.4) is 0 Å². The summed E-state index contributed by atoms with van der Waals surface area (Å²) in [4.78, 5) is 26.0. The van der Waals surface area contributed by atoms with Gasteiger partial charge in [0.2, 0.25) is 11.8 Å². The molecule has 0 unspecified atom stereocenters. The molecular formula is C18H28N2O3. The van der Waals surface area contributed by atoms with E-state index in [-0.39, 0.29) is 23.8 Å². The zero-order chi connectivity index (χ0) is 16.2. The maximum Gasteiger partial charge on any atom is 0.226 e. The van der Waals surface area contributed by atoms with Crippen LogP contribution in [-0.2, 0) is 14.3 Å². The van der Waals surface area contributed by atoms with E-state index in [9.17, 15) is 9.59 Å². The first-order valence-electron chi connectivity index (χ1n) is 9.02. The fourth-order valence-corrected chi connectivity index (χ4v) is 4.23. The molecule has 2 N–H and O–H groups in total. The summed E-state index contributed by atoms with van der Waals surface area (Å²) in [7, 11) is 0. The molecule has 0 saturated carbocycles. The monoisotopic (exact) mass is 320 g/mol. The zero-order valence-corrected chi connectivity index (χ0v) is 13.8. The highest BCUT2D eigenvalue weighted by atomic mass is 16.5. The second kappa shape index (κ2) is 7.47. The lowest BCUT2D eigenvalue weighted by molar-refractivity contribution is -0.133. The van der Waals surface area contributed by atoms with E-state index >= 15 is 0 Å². The summed E-state index contributed by atoms with van der Waals surface area (Å²) in [6, 6.07) is 0. The number of ether oxygens (including phenoxy) is 1. The van der Waals surface area contributed by atoms with Crippen LogP contribution in [0, 0.1) is 11.8 Å². The van der Waals surface area contributed by atoms with Gasteiger partial charge in [0.15, 0.2) is 0 Å². The number of nitrogens with two attached hydrogens (primary N) is 1. The molecule has 2 fully saturated rings. The van der Waals surface area contributed by atoms with Crippen molar-refractivity contribution < 1.29 is 14.3 Å². The Labute approximate surface area is 138 Å². The predicted octanol–water partition coefficient (Wildman–Crippen LogP) is 2.01. The highest BCUT2D eigenvalue weighted by molar-refractivity contribution is 5.79. The second-order valence-corrected chi connectivity index (χ2v) is 7.14. The Kier molecular flexibility index (Phi) is 5.36. The van der Waals surface area contributed by atoms with Gasteiger partial charge in [-0.1, -0.05) is 11.6 Å². The van der Waals surface area contributed by atoms with E-state index in [2.05, 4.69) is 6.08 Å². The third-order valence-electron chi connectivity index (χ3n) is 5.62. The van der Waals surface area contributed by atoms with Gasteiger partial charge in [-0.25, -0.2) is 0 Å². The molecule has 0 aromatic carbocycles. The fraction of sp³-hybridized carbons (Fsp3) is 0.778. The number of carbonyl (C=O) groups excluding carboxylic acids is 2. The fourth-order valence-electron chi connectivity index (χ4n) is 4.23. The van der Waals surface area contributed by atoms with Gasteiger partial charge in [0.05, 0.1) is 12.0 Å². The van der Waals surface area contributed by atoms with Crippen molar-refractivity contribution in [3.05, 3.63) is 11.6 Å². The van der Waals surface area contributed by atoms with Crippen LogP contribution in [0.15, 0.2) is 11.6 Å². The Bertz CT molecular complexity index is 481. The van der Waals surface area contributed by atoms with Crippen LogP contribution in [0.5, 0.6) is 0 Å². The lowest BCUT2D eigenvalue weighted by Crippen LogP contribution is -2.44. The minimum Gasteiger partial charge on any atom is -0.377 e. The maximum absolute atomic E-state index is 12.4. The van der Waals surface area contributed by atoms with Crippen molar-refractivity contribution in [3.63, 3.8) is 0 Å². The molecule has 5 nitrogen and oxygen atoms in total. The number of hydrogen-bond acceptors (Lipinski definition) is 3. The SMILES string of the molecule is NC(=O)[C@H]1CCO[C@@H]1C1CCN(C(=O)CC2=CCCCC2)CC1. The molecule has 2 saturated heterocycles. The Hall–Kier alpha value is -1.36. The number of carbonyl (C=O) groups is 2. The van der Waals surface area contributed by atoms with Gasteiger partial charge in [-0.05, 0) is 50.9 Å². The third-order valence-corrected chi connectivity index (χ3v) is 5.62. The summed E-state index contributed by atoms with van der Waals surface area (Å²) in [5.74, 6) is 0.230. The number of nitrogens with zero attached hydrogens (tertiary/aromatic N) is 1. The van der Waals surface area contributed by atoms with Crippen LogP contribution in [0.1, 0.15) is 51.4 Å². The quantitative estimate of drug-likeness (QED) is 0.805. The molecule has 0 aromatic rings. The molecule has 2 amide bonds. The molecule has 2 aliphatic heterocycles. The highest BCUT2D eigenvalue weighted by Crippen LogP contribution is 2.33. The number of amides is 2. The van der Waals surface area contributed by atoms with Gasteiger partial charge in [-0.15, -0.1) is 0 Å². The molecular weight excluding hydrogens is 292 g/mol. The van der Waals surface area contributed by atoms with E-state index in [0.717, 1.165) is 45.2 Å². The predicted molar refractivity (Wildman–Crippen MR) is 87.5 cm³/mol. The summed E-state index contributed by atoms with van der Waals surface area (Å²) in [5.41, 5.74) is 6.80. The van der Waals surface area contributed by atoms with E-state index < -0.39 is 0 Å². The van der Waals surface area contributed by atoms with Crippen molar-refractivity contribution in [2.45, 2.75) is 57.5 Å². The average molecular weight is 320 g/mol. The molecule has 2 atom stereocenters. The number of allylic oxidation sites excluding steroid dienone is 1. The summed E-state index contributed by atoms with van der Waals surface area (Å²) >= 11 is 0. The van der Waals surface area contributed by atoms with Crippen molar-refractivity contribution in [1.29, 1.82) is 0 Å². The third kappa shape index (κ3) is 3.94. The maximum atomic E-state index is 12.4. The van der Waals surface area contributed by atoms with Crippen molar-refractivity contribution in [2.24, 2.45) is 17.6 Å². The summed E-state index contributed by atoms with van der Waals surface area (Å²) < 4.78 is 5.77. The Morgan fingerprint density at radius 2 is 2.00 bits per heavy atom. The van der Waals surface area contributed by atoms with Gasteiger partial charge in [-0.2, -0.15) is 0 Å². The van der Waals surface area contributed by atoms with Crippen molar-refractivity contribution >= 4 is 11.8 Å². The lowest BCUT2D eigenvalue weighted by atomic mass is 9.84. The van der Waals surface area contributed by atoms with Crippen LogP contribution in [0.4, 0.5) is 0 Å². The van der Waals surface area contributed by atoms with Gasteiger partial charge >= 0.3 is 0 Å². The van der Waals surface area contributed by atoms with Crippen LogP contribution in [0.25, 0.3) is 0 Å². The Morgan fingerprint density at radius 1 is 1.22 bits per heavy atom. The van der Waals surface area contributed by atoms with E-state index in [1.807, 2.05) is 4.90 Å². The van der Waals surface area contributed by atoms with Crippen LogP contribution in [0.2, 0.25) is 0 Å². The number of likely N-dealkylation sites (tertiary alicyclic amines) is 1. The summed E-state index contributed by atoms with van der Waals surface area (Å²) in [6.07, 6.45) is 10.1. The molecule has 128 valence electrons. The minimum atomic E-state index is -0.241. The van der Waals surface area contributed by atoms with E-state index in [4.69, 9.17) is 10.5 Å². The molecule has 0 radical (unpaired) electrons. The van der Waals surface area contributed by atoms with Crippen LogP contribution < -0.4 is 5.73 Å². The number of piperidine rings is 1. The second-order valence-electron chi connectivity index (χ2n) is 7.14. The Balaban J connectivity index is 1.49. The van der Waals surface area contributed by atoms with Gasteiger partial charge in [-0.3, -0.25) is 9.59 Å². The molecule has 3 aliphatic rings. The van der Waals surface area contributed by atoms with E-state index in [1.54, 1.807) is 0 Å². The minimum absolute atomic E-state index is 0.0363. The summed E-state index contributed by atoms with van der Waals surface area (Å²) in [5, 5.41) is 0. The molecule has 0 aromatic heterocycles. The van der Waals surface area contributed by atoms with Gasteiger partial charge in [0, 0.05) is 26.1 Å². The smallest absolute Gasteiger partial charge is 0.226 e. The van der Waals surface area contributed by atoms with Crippen LogP contribution in [-0.4, -0.2) is 42.5 Å². The van der Waals surface area contributed by atoms with Crippen molar-refractivity contribution in [1.82, 2.24) is 4.90 Å². The molecule has 2 heterocycles. The Morgan fingerprint density at radius 3 is 2.65 bits per heavy atom. The molecule has 0 spiro atoms. The first-order chi connectivity index (χ1) is 11.1. The lowest BCUT2D eigenvalue weighted by Gasteiger charge is -2.36. The van der Waals surface area contributed by atoms with Crippen molar-refractivity contribution in [2.75, 3.05) is 19.7 Å². The van der Waals surface area contributed by atoms with Crippen molar-refractivity contribution in [3.8, 4) is 0 Å². The molecule has 5 heteroatoms. The molecule has 0 bridgehead atoms. The van der Waals surface area contributed by atoms with Gasteiger partial charge in [0.1, 0.15) is 0 Å². The average Bonchev–Trinajstić information content (AvgIpc) is 3.06. The zero-order valence-electron chi connectivity index (χ0n) is 13.8. The first kappa shape index (κ1) is 16.5. The number of primary amides is 1.